The third kappa shape index (κ3) is 6.38. The smallest absolute Gasteiger partial charge is 0.422 e. The van der Waals surface area contributed by atoms with Crippen molar-refractivity contribution in [3.8, 4) is 5.75 Å². The summed E-state index contributed by atoms with van der Waals surface area (Å²) in [5, 5.41) is 9.09. The molecule has 1 N–H and O–H groups in total. The van der Waals surface area contributed by atoms with Crippen LogP contribution in [0.5, 0.6) is 5.75 Å². The molecule has 1 aromatic rings. The summed E-state index contributed by atoms with van der Waals surface area (Å²) in [6.07, 6.45) is -4.66. The van der Waals surface area contributed by atoms with Gasteiger partial charge in [-0.1, -0.05) is 0 Å². The van der Waals surface area contributed by atoms with E-state index in [1.165, 1.54) is 26.0 Å². The fraction of sp³-hybridized carbons (Fsp3) is 0.529. The molecule has 0 fully saturated rings. The molecule has 0 aromatic heterocycles. The second-order valence-corrected chi connectivity index (χ2v) is 6.42. The number of halogens is 3. The van der Waals surface area contributed by atoms with Gasteiger partial charge in [-0.15, -0.1) is 0 Å². The minimum atomic E-state index is -4.44. The van der Waals surface area contributed by atoms with E-state index in [1.54, 1.807) is 13.8 Å². The van der Waals surface area contributed by atoms with E-state index in [0.717, 1.165) is 0 Å². The highest BCUT2D eigenvalue weighted by Gasteiger charge is 2.31. The monoisotopic (exact) mass is 362 g/mol. The standard InChI is InChI=1S/C17H21F3O5/c1-10-5-12(24-9-17(18,19)20)6-11(2)13(10)7-14(22)25-15(23)16(3,4)8-21/h5-6,21H,7-9H2,1-4H3. The third-order valence-corrected chi connectivity index (χ3v) is 3.55. The van der Waals surface area contributed by atoms with Gasteiger partial charge in [-0.25, -0.2) is 0 Å². The fourth-order valence-corrected chi connectivity index (χ4v) is 1.97. The van der Waals surface area contributed by atoms with Gasteiger partial charge >= 0.3 is 18.1 Å². The molecule has 0 aliphatic carbocycles. The Morgan fingerprint density at radius 1 is 1.12 bits per heavy atom. The number of aliphatic hydroxyl groups excluding tert-OH is 1. The van der Waals surface area contributed by atoms with Crippen molar-refractivity contribution in [1.82, 2.24) is 0 Å². The molecule has 0 saturated heterocycles. The summed E-state index contributed by atoms with van der Waals surface area (Å²) in [5.41, 5.74) is 0.430. The van der Waals surface area contributed by atoms with Crippen LogP contribution in [0.1, 0.15) is 30.5 Å². The van der Waals surface area contributed by atoms with Crippen molar-refractivity contribution in [3.05, 3.63) is 28.8 Å². The van der Waals surface area contributed by atoms with Crippen LogP contribution in [0, 0.1) is 19.3 Å². The molecule has 0 radical (unpaired) electrons. The van der Waals surface area contributed by atoms with Gasteiger partial charge in [0.1, 0.15) is 5.75 Å². The normalized spacial score (nSPS) is 12.0. The van der Waals surface area contributed by atoms with Crippen LogP contribution in [0.4, 0.5) is 13.2 Å². The third-order valence-electron chi connectivity index (χ3n) is 3.55. The van der Waals surface area contributed by atoms with E-state index in [1.807, 2.05) is 0 Å². The van der Waals surface area contributed by atoms with Gasteiger partial charge in [0.2, 0.25) is 0 Å². The number of rotatable bonds is 6. The topological polar surface area (TPSA) is 72.8 Å². The molecule has 140 valence electrons. The van der Waals surface area contributed by atoms with Gasteiger partial charge in [-0.3, -0.25) is 9.59 Å². The van der Waals surface area contributed by atoms with E-state index in [4.69, 9.17) is 14.6 Å². The molecule has 0 heterocycles. The predicted molar refractivity (Wildman–Crippen MR) is 83.1 cm³/mol. The second-order valence-electron chi connectivity index (χ2n) is 6.42. The zero-order valence-electron chi connectivity index (χ0n) is 14.5. The summed E-state index contributed by atoms with van der Waals surface area (Å²) in [4.78, 5) is 23.7. The van der Waals surface area contributed by atoms with Crippen LogP contribution in [-0.2, 0) is 20.7 Å². The molecule has 0 saturated carbocycles. The van der Waals surface area contributed by atoms with Crippen LogP contribution in [0.3, 0.4) is 0 Å². The largest absolute Gasteiger partial charge is 0.484 e. The summed E-state index contributed by atoms with van der Waals surface area (Å²) in [6.45, 7) is 4.24. The van der Waals surface area contributed by atoms with E-state index in [0.29, 0.717) is 16.7 Å². The lowest BCUT2D eigenvalue weighted by Crippen LogP contribution is -2.32. The number of aliphatic hydroxyl groups is 1. The maximum atomic E-state index is 12.2. The first kappa shape index (κ1) is 21.0. The number of aryl methyl sites for hydroxylation is 2. The summed E-state index contributed by atoms with van der Waals surface area (Å²) in [7, 11) is 0. The number of alkyl halides is 3. The lowest BCUT2D eigenvalue weighted by atomic mass is 9.95. The summed E-state index contributed by atoms with van der Waals surface area (Å²) >= 11 is 0. The van der Waals surface area contributed by atoms with E-state index < -0.39 is 36.7 Å². The van der Waals surface area contributed by atoms with Crippen LogP contribution >= 0.6 is 0 Å². The van der Waals surface area contributed by atoms with Crippen LogP contribution in [0.15, 0.2) is 12.1 Å². The first-order valence-corrected chi connectivity index (χ1v) is 7.51. The molecule has 0 aliphatic rings. The van der Waals surface area contributed by atoms with Gasteiger partial charge in [-0.2, -0.15) is 13.2 Å². The molecule has 0 unspecified atom stereocenters. The van der Waals surface area contributed by atoms with Crippen LogP contribution in [0.25, 0.3) is 0 Å². The van der Waals surface area contributed by atoms with E-state index >= 15 is 0 Å². The first-order valence-electron chi connectivity index (χ1n) is 7.51. The van der Waals surface area contributed by atoms with Crippen molar-refractivity contribution in [1.29, 1.82) is 0 Å². The Kier molecular flexibility index (Phi) is 6.59. The molecule has 5 nitrogen and oxygen atoms in total. The van der Waals surface area contributed by atoms with Crippen LogP contribution in [0.2, 0.25) is 0 Å². The molecule has 0 aliphatic heterocycles. The number of esters is 2. The average Bonchev–Trinajstić information content (AvgIpc) is 2.48. The van der Waals surface area contributed by atoms with Gasteiger partial charge in [-0.05, 0) is 56.5 Å². The predicted octanol–water partition coefficient (Wildman–Crippen LogP) is 2.88. The Balaban J connectivity index is 2.83. The van der Waals surface area contributed by atoms with Gasteiger partial charge in [0.25, 0.3) is 0 Å². The molecule has 0 atom stereocenters. The van der Waals surface area contributed by atoms with Crippen LogP contribution in [-0.4, -0.2) is 36.4 Å². The van der Waals surface area contributed by atoms with Gasteiger partial charge in [0.05, 0.1) is 18.4 Å². The SMILES string of the molecule is Cc1cc(OCC(F)(F)F)cc(C)c1CC(=O)OC(=O)C(C)(C)CO. The lowest BCUT2D eigenvalue weighted by Gasteiger charge is -2.19. The number of hydrogen-bond donors (Lipinski definition) is 1. The van der Waals surface area contributed by atoms with Crippen molar-refractivity contribution in [2.24, 2.45) is 5.41 Å². The highest BCUT2D eigenvalue weighted by atomic mass is 19.4. The summed E-state index contributed by atoms with van der Waals surface area (Å²) in [5.74, 6) is -1.61. The van der Waals surface area contributed by atoms with Gasteiger partial charge in [0, 0.05) is 0 Å². The quantitative estimate of drug-likeness (QED) is 0.622. The van der Waals surface area contributed by atoms with E-state index in [2.05, 4.69) is 0 Å². The number of hydrogen-bond acceptors (Lipinski definition) is 5. The van der Waals surface area contributed by atoms with Crippen molar-refractivity contribution in [2.75, 3.05) is 13.2 Å². The fourth-order valence-electron chi connectivity index (χ4n) is 1.97. The summed E-state index contributed by atoms with van der Waals surface area (Å²) in [6, 6.07) is 2.78. The first-order chi connectivity index (χ1) is 11.4. The molecular weight excluding hydrogens is 341 g/mol. The highest BCUT2D eigenvalue weighted by Crippen LogP contribution is 2.25. The van der Waals surface area contributed by atoms with Gasteiger partial charge < -0.3 is 14.6 Å². The number of benzene rings is 1. The summed E-state index contributed by atoms with van der Waals surface area (Å²) < 4.78 is 46.0. The maximum Gasteiger partial charge on any atom is 0.422 e. The average molecular weight is 362 g/mol. The van der Waals surface area contributed by atoms with E-state index in [-0.39, 0.29) is 12.2 Å². The van der Waals surface area contributed by atoms with Crippen molar-refractivity contribution < 1.29 is 37.3 Å². The Morgan fingerprint density at radius 3 is 2.08 bits per heavy atom. The molecular formula is C17H21F3O5. The number of carbonyl (C=O) groups is 2. The zero-order valence-corrected chi connectivity index (χ0v) is 14.5. The zero-order chi connectivity index (χ0) is 19.4. The van der Waals surface area contributed by atoms with E-state index in [9.17, 15) is 22.8 Å². The highest BCUT2D eigenvalue weighted by molar-refractivity contribution is 5.89. The maximum absolute atomic E-state index is 12.2. The van der Waals surface area contributed by atoms with Crippen molar-refractivity contribution in [2.45, 2.75) is 40.3 Å². The number of ether oxygens (including phenoxy) is 2. The molecule has 8 heteroatoms. The Morgan fingerprint density at radius 2 is 1.64 bits per heavy atom. The lowest BCUT2D eigenvalue weighted by molar-refractivity contribution is -0.167. The molecule has 1 aromatic carbocycles. The molecule has 25 heavy (non-hydrogen) atoms. The van der Waals surface area contributed by atoms with Crippen molar-refractivity contribution in [3.63, 3.8) is 0 Å². The Hall–Kier alpha value is -2.09. The molecule has 0 spiro atoms. The minimum absolute atomic E-state index is 0.0435. The molecule has 1 rings (SSSR count). The number of carbonyl (C=O) groups excluding carboxylic acids is 2. The minimum Gasteiger partial charge on any atom is -0.484 e. The van der Waals surface area contributed by atoms with Crippen LogP contribution < -0.4 is 4.74 Å². The molecule has 0 bridgehead atoms. The van der Waals surface area contributed by atoms with Gasteiger partial charge in [0.15, 0.2) is 6.61 Å². The van der Waals surface area contributed by atoms with Crippen molar-refractivity contribution >= 4 is 11.9 Å². The second kappa shape index (κ2) is 7.86. The molecule has 0 amide bonds. The Labute approximate surface area is 143 Å². The Bertz CT molecular complexity index is 627.